The Bertz CT molecular complexity index is 2650. The van der Waals surface area contributed by atoms with Gasteiger partial charge in [-0.25, -0.2) is 0 Å². The van der Waals surface area contributed by atoms with E-state index in [1.54, 1.807) is 0 Å². The van der Waals surface area contributed by atoms with Crippen LogP contribution in [0.2, 0.25) is 0 Å². The lowest BCUT2D eigenvalue weighted by atomic mass is 9.69. The third-order valence-electron chi connectivity index (χ3n) is 11.6. The molecule has 0 radical (unpaired) electrons. The quantitative estimate of drug-likeness (QED) is 0.195. The fourth-order valence-corrected chi connectivity index (χ4v) is 8.82. The van der Waals surface area contributed by atoms with Crippen LogP contribution in [0.25, 0.3) is 61.3 Å². The van der Waals surface area contributed by atoms with Crippen LogP contribution in [-0.4, -0.2) is 4.40 Å². The Morgan fingerprint density at radius 1 is 0.809 bits per heavy atom. The molecule has 3 aliphatic rings. The van der Waals surface area contributed by atoms with E-state index in [4.69, 9.17) is 4.42 Å². The number of aromatic nitrogens is 1. The highest BCUT2D eigenvalue weighted by atomic mass is 16.3. The molecule has 230 valence electrons. The lowest BCUT2D eigenvalue weighted by Crippen LogP contribution is -2.27. The van der Waals surface area contributed by atoms with Crippen molar-refractivity contribution in [3.8, 4) is 0 Å². The first-order valence-electron chi connectivity index (χ1n) is 17.4. The van der Waals surface area contributed by atoms with E-state index in [0.29, 0.717) is 11.8 Å². The number of allylic oxidation sites excluding steroid dienone is 5. The van der Waals surface area contributed by atoms with Crippen molar-refractivity contribution >= 4 is 61.3 Å². The van der Waals surface area contributed by atoms with Gasteiger partial charge in [-0.2, -0.15) is 0 Å². The number of rotatable bonds is 3. The zero-order valence-electron chi connectivity index (χ0n) is 27.8. The number of hydrogen-bond donors (Lipinski definition) is 0. The number of para-hydroxylation sites is 1. The average molecular weight is 610 g/mol. The molecule has 2 atom stereocenters. The van der Waals surface area contributed by atoms with Gasteiger partial charge in [0, 0.05) is 50.4 Å². The number of nitrogens with zero attached hydrogens (tertiary/aromatic N) is 1. The summed E-state index contributed by atoms with van der Waals surface area (Å²) in [5.74, 6) is 1.29. The minimum absolute atomic E-state index is 0.00938. The molecular weight excluding hydrogens is 571 g/mol. The summed E-state index contributed by atoms with van der Waals surface area (Å²) in [6.07, 6.45) is 14.4. The van der Waals surface area contributed by atoms with Crippen LogP contribution in [0.5, 0.6) is 0 Å². The second-order valence-corrected chi connectivity index (χ2v) is 15.2. The highest BCUT2D eigenvalue weighted by Gasteiger charge is 2.37. The van der Waals surface area contributed by atoms with Crippen molar-refractivity contribution in [2.45, 2.75) is 59.3 Å². The van der Waals surface area contributed by atoms with Gasteiger partial charge in [-0.3, -0.25) is 0 Å². The minimum Gasteiger partial charge on any atom is -0.456 e. The molecule has 2 heteroatoms. The zero-order valence-corrected chi connectivity index (χ0v) is 27.8. The van der Waals surface area contributed by atoms with E-state index in [0.717, 1.165) is 24.0 Å². The van der Waals surface area contributed by atoms with Crippen LogP contribution in [-0.2, 0) is 12.8 Å². The van der Waals surface area contributed by atoms with E-state index in [2.05, 4.69) is 142 Å². The highest BCUT2D eigenvalue weighted by molar-refractivity contribution is 6.06. The van der Waals surface area contributed by atoms with Crippen molar-refractivity contribution < 1.29 is 4.42 Å². The van der Waals surface area contributed by atoms with Gasteiger partial charge < -0.3 is 8.82 Å². The van der Waals surface area contributed by atoms with Gasteiger partial charge in [-0.15, -0.1) is 0 Å². The third kappa shape index (κ3) is 3.79. The SMILES string of the molecule is CC(C)C1=CC2=Cc3c(n4c5c(c6cc7cc(C(C)C)ccc7cc64)CC(c4ccc6oc7ccccc7c6c4)C=c35)CC2(C)C=C1. The topological polar surface area (TPSA) is 17.6 Å². The molecule has 0 amide bonds. The van der Waals surface area contributed by atoms with Crippen molar-refractivity contribution in [1.82, 2.24) is 4.40 Å². The van der Waals surface area contributed by atoms with Crippen LogP contribution in [0, 0.1) is 11.3 Å². The first-order valence-corrected chi connectivity index (χ1v) is 17.4. The molecule has 3 heterocycles. The maximum atomic E-state index is 6.23. The van der Waals surface area contributed by atoms with E-state index in [9.17, 15) is 0 Å². The van der Waals surface area contributed by atoms with E-state index in [1.165, 1.54) is 82.3 Å². The number of furan rings is 1. The summed E-state index contributed by atoms with van der Waals surface area (Å²) in [6.45, 7) is 11.6. The van der Waals surface area contributed by atoms with Crippen molar-refractivity contribution in [2.75, 3.05) is 0 Å². The third-order valence-corrected chi connectivity index (χ3v) is 11.6. The van der Waals surface area contributed by atoms with Crippen LogP contribution < -0.4 is 5.22 Å². The van der Waals surface area contributed by atoms with E-state index < -0.39 is 0 Å². The molecule has 0 N–H and O–H groups in total. The van der Waals surface area contributed by atoms with Crippen molar-refractivity contribution in [3.05, 3.63) is 135 Å². The molecule has 0 saturated carbocycles. The summed E-state index contributed by atoms with van der Waals surface area (Å²) in [6, 6.07) is 27.3. The van der Waals surface area contributed by atoms with Crippen LogP contribution in [0.3, 0.4) is 0 Å². The maximum Gasteiger partial charge on any atom is 0.135 e. The highest BCUT2D eigenvalue weighted by Crippen LogP contribution is 2.47. The Morgan fingerprint density at radius 2 is 1.66 bits per heavy atom. The van der Waals surface area contributed by atoms with Gasteiger partial charge in [-0.05, 0) is 93.3 Å². The standard InChI is InChI=1S/C45H39NO/c1-25(2)27-10-11-30-22-40-35(19-31(30)16-27)38-20-32(29-12-13-43-37(18-29)34-8-6-7-9-42(34)47-43)21-39-36-23-33-17-28(26(3)4)14-15-45(33,5)24-41(36)46(40)44(38)39/h6-19,21-23,25-26,32H,20,24H2,1-5H3. The van der Waals surface area contributed by atoms with Crippen molar-refractivity contribution in [1.29, 1.82) is 0 Å². The Labute approximate surface area is 275 Å². The monoisotopic (exact) mass is 609 g/mol. The van der Waals surface area contributed by atoms with Crippen molar-refractivity contribution in [3.63, 3.8) is 0 Å². The molecule has 2 unspecified atom stereocenters. The summed E-state index contributed by atoms with van der Waals surface area (Å²) in [5, 5.41) is 7.89. The number of hydrogen-bond acceptors (Lipinski definition) is 1. The van der Waals surface area contributed by atoms with Gasteiger partial charge >= 0.3 is 0 Å². The zero-order chi connectivity index (χ0) is 31.8. The second kappa shape index (κ2) is 9.38. The normalized spacial score (nSPS) is 20.4. The molecule has 4 aromatic carbocycles. The van der Waals surface area contributed by atoms with Crippen LogP contribution in [0.1, 0.15) is 74.4 Å². The maximum absolute atomic E-state index is 6.23. The fourth-order valence-electron chi connectivity index (χ4n) is 8.82. The predicted octanol–water partition coefficient (Wildman–Crippen LogP) is 11.2. The van der Waals surface area contributed by atoms with Gasteiger partial charge in [0.25, 0.3) is 0 Å². The molecule has 2 nitrogen and oxygen atoms in total. The lowest BCUT2D eigenvalue weighted by molar-refractivity contribution is 0.504. The average Bonchev–Trinajstić information content (AvgIpc) is 3.70. The number of benzene rings is 4. The molecule has 3 aliphatic carbocycles. The smallest absolute Gasteiger partial charge is 0.135 e. The van der Waals surface area contributed by atoms with Crippen LogP contribution in [0.4, 0.5) is 0 Å². The van der Waals surface area contributed by atoms with Crippen molar-refractivity contribution in [2.24, 2.45) is 11.3 Å². The first-order chi connectivity index (χ1) is 22.8. The Hall–Kier alpha value is -4.82. The Balaban J connectivity index is 1.26. The number of fused-ring (bicyclic) bond motifs is 11. The largest absolute Gasteiger partial charge is 0.456 e. The first kappa shape index (κ1) is 27.3. The van der Waals surface area contributed by atoms with Gasteiger partial charge in [0.15, 0.2) is 0 Å². The predicted molar refractivity (Wildman–Crippen MR) is 198 cm³/mol. The summed E-state index contributed by atoms with van der Waals surface area (Å²) in [5.41, 5.74) is 14.7. The minimum atomic E-state index is -0.00938. The molecule has 3 aromatic heterocycles. The summed E-state index contributed by atoms with van der Waals surface area (Å²) < 4.78 is 8.88. The van der Waals surface area contributed by atoms with Crippen LogP contribution in [0.15, 0.2) is 107 Å². The summed E-state index contributed by atoms with van der Waals surface area (Å²) in [7, 11) is 0. The van der Waals surface area contributed by atoms with Gasteiger partial charge in [-0.1, -0.05) is 101 Å². The second-order valence-electron chi connectivity index (χ2n) is 15.2. The molecule has 0 aliphatic heterocycles. The van der Waals surface area contributed by atoms with Crippen LogP contribution >= 0.6 is 0 Å². The summed E-state index contributed by atoms with van der Waals surface area (Å²) >= 11 is 0. The Kier molecular flexibility index (Phi) is 5.45. The lowest BCUT2D eigenvalue weighted by Gasteiger charge is -2.35. The molecule has 10 rings (SSSR count). The molecular formula is C45H39NO. The Morgan fingerprint density at radius 3 is 2.51 bits per heavy atom. The molecule has 0 spiro atoms. The van der Waals surface area contributed by atoms with E-state index >= 15 is 0 Å². The summed E-state index contributed by atoms with van der Waals surface area (Å²) in [4.78, 5) is 0. The molecule has 7 aromatic rings. The van der Waals surface area contributed by atoms with Gasteiger partial charge in [0.1, 0.15) is 11.2 Å². The van der Waals surface area contributed by atoms with E-state index in [1.807, 2.05) is 0 Å². The van der Waals surface area contributed by atoms with E-state index in [-0.39, 0.29) is 11.3 Å². The molecule has 0 fully saturated rings. The molecule has 47 heavy (non-hydrogen) atoms. The van der Waals surface area contributed by atoms with Gasteiger partial charge in [0.2, 0.25) is 0 Å². The fraction of sp³-hybridized carbons (Fsp3) is 0.244. The van der Waals surface area contributed by atoms with Gasteiger partial charge in [0.05, 0.1) is 11.0 Å². The molecule has 0 bridgehead atoms. The molecule has 0 saturated heterocycles.